The number of benzene rings is 7. The second kappa shape index (κ2) is 11.6. The number of aromatic nitrogens is 3. The van der Waals surface area contributed by atoms with Gasteiger partial charge >= 0.3 is 0 Å². The highest BCUT2D eigenvalue weighted by Gasteiger charge is 2.17. The van der Waals surface area contributed by atoms with Gasteiger partial charge in [-0.15, -0.1) is 11.3 Å². The number of fused-ring (bicyclic) bond motifs is 6. The molecule has 50 heavy (non-hydrogen) atoms. The van der Waals surface area contributed by atoms with E-state index >= 15 is 0 Å². The Hall–Kier alpha value is -6.43. The molecule has 3 heterocycles. The molecule has 0 aliphatic rings. The van der Waals surface area contributed by atoms with Crippen LogP contribution in [-0.4, -0.2) is 15.0 Å². The Bertz CT molecular complexity index is 2870. The van der Waals surface area contributed by atoms with Crippen LogP contribution in [0.4, 0.5) is 0 Å². The van der Waals surface area contributed by atoms with Crippen LogP contribution in [0.5, 0.6) is 0 Å². The maximum atomic E-state index is 6.23. The molecule has 0 aliphatic carbocycles. The SMILES string of the molecule is c1ccc(-c2cccc(-c3cccc4sc5ccc(-c6nc(-c7ccccc7)nc(-c7ccc8c(c7)oc7ccccc78)n6)cc5c34)c2)cc1. The van der Waals surface area contributed by atoms with E-state index in [4.69, 9.17) is 19.4 Å². The van der Waals surface area contributed by atoms with Crippen molar-refractivity contribution in [1.29, 1.82) is 0 Å². The van der Waals surface area contributed by atoms with Gasteiger partial charge in [-0.3, -0.25) is 0 Å². The lowest BCUT2D eigenvalue weighted by Gasteiger charge is -2.10. The highest BCUT2D eigenvalue weighted by Crippen LogP contribution is 2.42. The summed E-state index contributed by atoms with van der Waals surface area (Å²) in [4.78, 5) is 15.1. The van der Waals surface area contributed by atoms with Gasteiger partial charge in [-0.25, -0.2) is 15.0 Å². The molecular weight excluding hydrogens is 631 g/mol. The number of hydrogen-bond donors (Lipinski definition) is 0. The smallest absolute Gasteiger partial charge is 0.164 e. The molecule has 7 aromatic carbocycles. The molecule has 0 spiro atoms. The molecule has 10 aromatic rings. The lowest BCUT2D eigenvalue weighted by molar-refractivity contribution is 0.669. The Morgan fingerprint density at radius 3 is 1.80 bits per heavy atom. The normalized spacial score (nSPS) is 11.6. The van der Waals surface area contributed by atoms with Crippen molar-refractivity contribution in [3.8, 4) is 56.4 Å². The van der Waals surface area contributed by atoms with Gasteiger partial charge in [0.2, 0.25) is 0 Å². The van der Waals surface area contributed by atoms with E-state index in [1.165, 1.54) is 42.4 Å². The first-order valence-electron chi connectivity index (χ1n) is 16.6. The summed E-state index contributed by atoms with van der Waals surface area (Å²) in [6, 6.07) is 57.0. The predicted molar refractivity (Wildman–Crippen MR) is 207 cm³/mol. The minimum Gasteiger partial charge on any atom is -0.456 e. The van der Waals surface area contributed by atoms with Crippen molar-refractivity contribution in [3.63, 3.8) is 0 Å². The Kier molecular flexibility index (Phi) is 6.64. The topological polar surface area (TPSA) is 51.8 Å². The first-order chi connectivity index (χ1) is 24.7. The predicted octanol–water partition coefficient (Wildman–Crippen LogP) is 12.5. The van der Waals surface area contributed by atoms with Gasteiger partial charge in [-0.2, -0.15) is 0 Å². The largest absolute Gasteiger partial charge is 0.456 e. The number of para-hydroxylation sites is 1. The van der Waals surface area contributed by atoms with Crippen LogP contribution in [0.25, 0.3) is 98.5 Å². The molecule has 0 saturated carbocycles. The lowest BCUT2D eigenvalue weighted by atomic mass is 9.95. The van der Waals surface area contributed by atoms with Crippen molar-refractivity contribution in [2.45, 2.75) is 0 Å². The molecule has 0 fully saturated rings. The van der Waals surface area contributed by atoms with Crippen LogP contribution < -0.4 is 0 Å². The second-order valence-electron chi connectivity index (χ2n) is 12.4. The zero-order valence-corrected chi connectivity index (χ0v) is 27.6. The number of hydrogen-bond acceptors (Lipinski definition) is 5. The number of furan rings is 1. The summed E-state index contributed by atoms with van der Waals surface area (Å²) in [5.41, 5.74) is 9.23. The maximum Gasteiger partial charge on any atom is 0.164 e. The van der Waals surface area contributed by atoms with E-state index in [1.54, 1.807) is 0 Å². The lowest BCUT2D eigenvalue weighted by Crippen LogP contribution is -2.00. The molecule has 0 saturated heterocycles. The average Bonchev–Trinajstić information content (AvgIpc) is 3.76. The molecule has 0 aliphatic heterocycles. The summed E-state index contributed by atoms with van der Waals surface area (Å²) in [5.74, 6) is 1.86. The quantitative estimate of drug-likeness (QED) is 0.185. The molecule has 0 radical (unpaired) electrons. The fourth-order valence-corrected chi connectivity index (χ4v) is 8.03. The van der Waals surface area contributed by atoms with Gasteiger partial charge in [0.25, 0.3) is 0 Å². The minimum atomic E-state index is 0.602. The summed E-state index contributed by atoms with van der Waals surface area (Å²) in [5, 5.41) is 4.60. The van der Waals surface area contributed by atoms with Crippen LogP contribution in [0.1, 0.15) is 0 Å². The van der Waals surface area contributed by atoms with Gasteiger partial charge in [0.05, 0.1) is 0 Å². The molecule has 3 aromatic heterocycles. The highest BCUT2D eigenvalue weighted by atomic mass is 32.1. The first kappa shape index (κ1) is 28.6. The van der Waals surface area contributed by atoms with E-state index < -0.39 is 0 Å². The Balaban J connectivity index is 1.14. The summed E-state index contributed by atoms with van der Waals surface area (Å²) >= 11 is 1.81. The standard InChI is InChI=1S/C45H27N3OS/c1-3-11-28(12-4-1)30-15-9-16-31(25-30)34-18-10-20-41-42(34)37-26-32(22-24-40(37)50-41)44-46-43(29-13-5-2-6-14-29)47-45(48-44)33-21-23-36-35-17-7-8-19-38(35)49-39(36)27-33/h1-27H. The molecule has 10 rings (SSSR count). The molecule has 0 amide bonds. The van der Waals surface area contributed by atoms with Gasteiger partial charge < -0.3 is 4.42 Å². The van der Waals surface area contributed by atoms with Crippen LogP contribution in [0, 0.1) is 0 Å². The monoisotopic (exact) mass is 657 g/mol. The highest BCUT2D eigenvalue weighted by molar-refractivity contribution is 7.26. The number of nitrogens with zero attached hydrogens (tertiary/aromatic N) is 3. The van der Waals surface area contributed by atoms with Crippen molar-refractivity contribution in [2.75, 3.05) is 0 Å². The Labute approximate surface area is 292 Å². The van der Waals surface area contributed by atoms with Crippen LogP contribution >= 0.6 is 11.3 Å². The van der Waals surface area contributed by atoms with Crippen LogP contribution in [-0.2, 0) is 0 Å². The minimum absolute atomic E-state index is 0.602. The Morgan fingerprint density at radius 1 is 0.360 bits per heavy atom. The van der Waals surface area contributed by atoms with E-state index in [2.05, 4.69) is 109 Å². The zero-order chi connectivity index (χ0) is 33.0. The van der Waals surface area contributed by atoms with Gasteiger partial charge in [0.1, 0.15) is 11.2 Å². The van der Waals surface area contributed by atoms with Crippen molar-refractivity contribution >= 4 is 53.4 Å². The van der Waals surface area contributed by atoms with Crippen molar-refractivity contribution in [3.05, 3.63) is 164 Å². The molecule has 234 valence electrons. The maximum absolute atomic E-state index is 6.23. The molecule has 0 unspecified atom stereocenters. The van der Waals surface area contributed by atoms with Gasteiger partial charge in [0, 0.05) is 47.6 Å². The second-order valence-corrected chi connectivity index (χ2v) is 13.5. The Morgan fingerprint density at radius 2 is 0.980 bits per heavy atom. The summed E-state index contributed by atoms with van der Waals surface area (Å²) in [7, 11) is 0. The van der Waals surface area contributed by atoms with Crippen LogP contribution in [0.15, 0.2) is 168 Å². The zero-order valence-electron chi connectivity index (χ0n) is 26.7. The van der Waals surface area contributed by atoms with Crippen molar-refractivity contribution in [2.24, 2.45) is 0 Å². The van der Waals surface area contributed by atoms with Gasteiger partial charge in [0.15, 0.2) is 17.5 Å². The fourth-order valence-electron chi connectivity index (χ4n) is 6.92. The van der Waals surface area contributed by atoms with Gasteiger partial charge in [-0.1, -0.05) is 115 Å². The third-order valence-corrected chi connectivity index (χ3v) is 10.5. The number of thiophene rings is 1. The molecular formula is C45H27N3OS. The summed E-state index contributed by atoms with van der Waals surface area (Å²) in [6.45, 7) is 0. The molecule has 0 N–H and O–H groups in total. The molecule has 0 atom stereocenters. The third-order valence-electron chi connectivity index (χ3n) is 9.34. The van der Waals surface area contributed by atoms with Gasteiger partial charge in [-0.05, 0) is 70.8 Å². The van der Waals surface area contributed by atoms with E-state index in [0.29, 0.717) is 17.5 Å². The molecule has 4 nitrogen and oxygen atoms in total. The number of rotatable bonds is 5. The molecule has 0 bridgehead atoms. The fraction of sp³-hybridized carbons (Fsp3) is 0. The van der Waals surface area contributed by atoms with E-state index in [9.17, 15) is 0 Å². The molecule has 5 heteroatoms. The summed E-state index contributed by atoms with van der Waals surface area (Å²) in [6.07, 6.45) is 0. The average molecular weight is 658 g/mol. The van der Waals surface area contributed by atoms with Crippen LogP contribution in [0.2, 0.25) is 0 Å². The van der Waals surface area contributed by atoms with E-state index in [0.717, 1.165) is 38.6 Å². The van der Waals surface area contributed by atoms with E-state index in [-0.39, 0.29) is 0 Å². The third kappa shape index (κ3) is 4.87. The summed E-state index contributed by atoms with van der Waals surface area (Å²) < 4.78 is 8.71. The van der Waals surface area contributed by atoms with E-state index in [1.807, 2.05) is 65.9 Å². The van der Waals surface area contributed by atoms with Crippen LogP contribution in [0.3, 0.4) is 0 Å². The first-order valence-corrected chi connectivity index (χ1v) is 17.4. The van der Waals surface area contributed by atoms with Crippen molar-refractivity contribution < 1.29 is 4.42 Å². The van der Waals surface area contributed by atoms with Crippen molar-refractivity contribution in [1.82, 2.24) is 15.0 Å².